The molecule has 0 radical (unpaired) electrons. The van der Waals surface area contributed by atoms with Gasteiger partial charge in [-0.05, 0) is 37.0 Å². The van der Waals surface area contributed by atoms with Crippen LogP contribution in [0.3, 0.4) is 0 Å². The summed E-state index contributed by atoms with van der Waals surface area (Å²) in [6.45, 7) is 7.52. The summed E-state index contributed by atoms with van der Waals surface area (Å²) in [5.41, 5.74) is 2.17. The number of aliphatic hydroxyl groups is 1. The molecule has 4 atom stereocenters. The Labute approximate surface area is 204 Å². The number of nitrogens with zero attached hydrogens (tertiary/aromatic N) is 1. The zero-order chi connectivity index (χ0) is 24.6. The number of benzene rings is 2. The maximum atomic E-state index is 13.7. The number of hydrogen-bond donors (Lipinski definition) is 3. The first-order chi connectivity index (χ1) is 16.2. The average molecular weight is 482 g/mol. The van der Waals surface area contributed by atoms with Gasteiger partial charge in [0.25, 0.3) is 5.91 Å². The van der Waals surface area contributed by atoms with Crippen LogP contribution in [0.5, 0.6) is 0 Å². The molecule has 8 heteroatoms. The summed E-state index contributed by atoms with van der Waals surface area (Å²) in [5, 5.41) is 15.2. The van der Waals surface area contributed by atoms with E-state index in [2.05, 4.69) is 10.6 Å². The Bertz CT molecular complexity index is 1090. The van der Waals surface area contributed by atoms with Crippen LogP contribution in [0.1, 0.15) is 60.6 Å². The summed E-state index contributed by atoms with van der Waals surface area (Å²) in [6.07, 6.45) is 0. The largest absolute Gasteiger partial charge is 0.394 e. The maximum absolute atomic E-state index is 13.7. The average Bonchev–Trinajstić information content (AvgIpc) is 3.24. The van der Waals surface area contributed by atoms with Gasteiger partial charge in [0, 0.05) is 10.3 Å². The molecular formula is C26H31N3O4S. The van der Waals surface area contributed by atoms with Crippen LogP contribution in [0.25, 0.3) is 0 Å². The van der Waals surface area contributed by atoms with Crippen molar-refractivity contribution in [1.29, 1.82) is 0 Å². The van der Waals surface area contributed by atoms with E-state index in [0.29, 0.717) is 11.1 Å². The Balaban J connectivity index is 1.62. The molecule has 0 bridgehead atoms. The van der Waals surface area contributed by atoms with Crippen molar-refractivity contribution in [3.05, 3.63) is 71.3 Å². The van der Waals surface area contributed by atoms with Crippen molar-refractivity contribution in [1.82, 2.24) is 15.5 Å². The molecule has 180 valence electrons. The van der Waals surface area contributed by atoms with E-state index < -0.39 is 28.8 Å². The molecule has 0 aromatic heterocycles. The first-order valence-corrected chi connectivity index (χ1v) is 12.4. The Morgan fingerprint density at radius 2 is 1.71 bits per heavy atom. The predicted molar refractivity (Wildman–Crippen MR) is 132 cm³/mol. The minimum absolute atomic E-state index is 0.0210. The second-order valence-electron chi connectivity index (χ2n) is 9.67. The first-order valence-electron chi connectivity index (χ1n) is 11.5. The molecule has 2 aliphatic rings. The van der Waals surface area contributed by atoms with Crippen LogP contribution in [0.2, 0.25) is 0 Å². The van der Waals surface area contributed by atoms with Crippen molar-refractivity contribution >= 4 is 29.5 Å². The lowest BCUT2D eigenvalue weighted by Crippen LogP contribution is -2.55. The maximum Gasteiger partial charge on any atom is 0.256 e. The van der Waals surface area contributed by atoms with Crippen LogP contribution in [0, 0.1) is 5.92 Å². The van der Waals surface area contributed by atoms with Crippen LogP contribution >= 0.6 is 11.8 Å². The lowest BCUT2D eigenvalue weighted by molar-refractivity contribution is -0.132. The van der Waals surface area contributed by atoms with E-state index in [4.69, 9.17) is 0 Å². The third kappa shape index (κ3) is 4.32. The Kier molecular flexibility index (Phi) is 6.73. The molecule has 34 heavy (non-hydrogen) atoms. The zero-order valence-electron chi connectivity index (χ0n) is 19.8. The second kappa shape index (κ2) is 9.43. The summed E-state index contributed by atoms with van der Waals surface area (Å²) >= 11 is 1.58. The number of amides is 3. The van der Waals surface area contributed by atoms with Crippen molar-refractivity contribution in [2.24, 2.45) is 5.92 Å². The van der Waals surface area contributed by atoms with Gasteiger partial charge in [-0.25, -0.2) is 0 Å². The molecule has 2 aromatic rings. The molecule has 0 saturated carbocycles. The highest BCUT2D eigenvalue weighted by molar-refractivity contribution is 8.01. The van der Waals surface area contributed by atoms with Crippen LogP contribution in [0.4, 0.5) is 0 Å². The van der Waals surface area contributed by atoms with Crippen molar-refractivity contribution in [2.45, 2.75) is 55.9 Å². The minimum Gasteiger partial charge on any atom is -0.394 e. The van der Waals surface area contributed by atoms with Gasteiger partial charge in [-0.3, -0.25) is 14.4 Å². The molecule has 2 aliphatic heterocycles. The van der Waals surface area contributed by atoms with Crippen LogP contribution < -0.4 is 10.6 Å². The molecule has 0 unspecified atom stereocenters. The molecule has 3 N–H and O–H groups in total. The van der Waals surface area contributed by atoms with Gasteiger partial charge in [-0.2, -0.15) is 0 Å². The molecule has 2 aromatic carbocycles. The number of carbonyl (C=O) groups is 3. The van der Waals surface area contributed by atoms with E-state index in [1.807, 2.05) is 52.0 Å². The number of hydrogen-bond acceptors (Lipinski definition) is 5. The fraction of sp³-hybridized carbons (Fsp3) is 0.423. The summed E-state index contributed by atoms with van der Waals surface area (Å²) in [4.78, 5) is 41.9. The molecule has 1 fully saturated rings. The number of fused-ring (bicyclic) bond motifs is 3. The highest BCUT2D eigenvalue weighted by Gasteiger charge is 2.57. The van der Waals surface area contributed by atoms with Gasteiger partial charge < -0.3 is 20.6 Å². The van der Waals surface area contributed by atoms with Gasteiger partial charge in [0.1, 0.15) is 17.5 Å². The van der Waals surface area contributed by atoms with E-state index in [9.17, 15) is 19.5 Å². The SMILES string of the molecule is CC(C)[C@@H](CO)NC(=O)[C@@H](NC(=O)[C@H]1N2C(=O)c3ccccc3[C@H]2SC1(C)C)c1ccccc1. The highest BCUT2D eigenvalue weighted by Crippen LogP contribution is 2.56. The molecule has 0 aliphatic carbocycles. The number of rotatable bonds is 7. The molecule has 0 spiro atoms. The summed E-state index contributed by atoms with van der Waals surface area (Å²) in [5.74, 6) is -0.925. The third-order valence-corrected chi connectivity index (χ3v) is 8.09. The smallest absolute Gasteiger partial charge is 0.256 e. The van der Waals surface area contributed by atoms with E-state index in [-0.39, 0.29) is 29.7 Å². The molecule has 4 rings (SSSR count). The number of aliphatic hydroxyl groups excluding tert-OH is 1. The van der Waals surface area contributed by atoms with E-state index in [0.717, 1.165) is 5.56 Å². The normalized spacial score (nSPS) is 22.2. The zero-order valence-corrected chi connectivity index (χ0v) is 20.6. The number of thioether (sulfide) groups is 1. The van der Waals surface area contributed by atoms with Gasteiger partial charge in [0.2, 0.25) is 11.8 Å². The fourth-order valence-electron chi connectivity index (χ4n) is 4.66. The van der Waals surface area contributed by atoms with Crippen LogP contribution in [-0.4, -0.2) is 51.2 Å². The summed E-state index contributed by atoms with van der Waals surface area (Å²) in [7, 11) is 0. The highest BCUT2D eigenvalue weighted by atomic mass is 32.2. The lowest BCUT2D eigenvalue weighted by atomic mass is 9.98. The summed E-state index contributed by atoms with van der Waals surface area (Å²) < 4.78 is -0.554. The topological polar surface area (TPSA) is 98.7 Å². The molecule has 7 nitrogen and oxygen atoms in total. The van der Waals surface area contributed by atoms with Gasteiger partial charge in [0.15, 0.2) is 0 Å². The van der Waals surface area contributed by atoms with Crippen molar-refractivity contribution in [3.63, 3.8) is 0 Å². The van der Waals surface area contributed by atoms with Crippen LogP contribution in [-0.2, 0) is 9.59 Å². The monoisotopic (exact) mass is 481 g/mol. The predicted octanol–water partition coefficient (Wildman–Crippen LogP) is 3.03. The standard InChI is InChI=1S/C26H31N3O4S/c1-15(2)19(14-30)27-22(31)20(16-10-6-5-7-11-16)28-23(32)21-26(3,4)34-25-18-13-9-8-12-17(18)24(33)29(21)25/h5-13,15,19-21,25,30H,14H2,1-4H3,(H,27,31)(H,28,32)/t19-,20+,21-,25-/m1/s1. The van der Waals surface area contributed by atoms with Gasteiger partial charge >= 0.3 is 0 Å². The van der Waals surface area contributed by atoms with Crippen LogP contribution in [0.15, 0.2) is 54.6 Å². The summed E-state index contributed by atoms with van der Waals surface area (Å²) in [6, 6.07) is 14.3. The second-order valence-corrected chi connectivity index (χ2v) is 11.4. The first kappa shape index (κ1) is 24.3. The number of carbonyl (C=O) groups excluding carboxylic acids is 3. The Hall–Kier alpha value is -2.84. The minimum atomic E-state index is -0.957. The van der Waals surface area contributed by atoms with Crippen molar-refractivity contribution in [3.8, 4) is 0 Å². The Morgan fingerprint density at radius 1 is 1.06 bits per heavy atom. The van der Waals surface area contributed by atoms with Gasteiger partial charge in [-0.15, -0.1) is 11.8 Å². The molecule has 1 saturated heterocycles. The van der Waals surface area contributed by atoms with Gasteiger partial charge in [0.05, 0.1) is 12.6 Å². The lowest BCUT2D eigenvalue weighted by Gasteiger charge is -2.31. The quantitative estimate of drug-likeness (QED) is 0.565. The van der Waals surface area contributed by atoms with Crippen molar-refractivity contribution in [2.75, 3.05) is 6.61 Å². The van der Waals surface area contributed by atoms with E-state index >= 15 is 0 Å². The van der Waals surface area contributed by atoms with E-state index in [1.54, 1.807) is 47.0 Å². The molecule has 3 amide bonds. The molecular weight excluding hydrogens is 450 g/mol. The number of nitrogens with one attached hydrogen (secondary N) is 2. The van der Waals surface area contributed by atoms with Gasteiger partial charge in [-0.1, -0.05) is 62.4 Å². The van der Waals surface area contributed by atoms with Crippen molar-refractivity contribution < 1.29 is 19.5 Å². The van der Waals surface area contributed by atoms with E-state index in [1.165, 1.54) is 0 Å². The molecule has 2 heterocycles. The Morgan fingerprint density at radius 3 is 2.35 bits per heavy atom. The fourth-order valence-corrected chi connectivity index (χ4v) is 6.25. The third-order valence-electron chi connectivity index (χ3n) is 6.56.